The summed E-state index contributed by atoms with van der Waals surface area (Å²) in [5.74, 6) is 0.564. The van der Waals surface area contributed by atoms with Crippen LogP contribution in [0, 0.1) is 11.3 Å². The van der Waals surface area contributed by atoms with Crippen LogP contribution in [-0.4, -0.2) is 24.5 Å². The summed E-state index contributed by atoms with van der Waals surface area (Å²) in [6.07, 6.45) is 0. The number of aromatic nitrogens is 5. The third-order valence-electron chi connectivity index (χ3n) is 8.79. The summed E-state index contributed by atoms with van der Waals surface area (Å²) < 4.78 is 4.50. The maximum absolute atomic E-state index is 9.68. The normalized spacial score (nSPS) is 11.9. The SMILES string of the molecule is N#Cc1cccc(-c2nc(-n3c4ccccc4c4c5nc6ccccc6nc5c5c6ccccc6sc5c43)nc3ccccc23)c1. The van der Waals surface area contributed by atoms with Crippen molar-refractivity contribution in [2.75, 3.05) is 0 Å². The van der Waals surface area contributed by atoms with E-state index in [0.29, 0.717) is 11.5 Å². The van der Waals surface area contributed by atoms with Gasteiger partial charge >= 0.3 is 0 Å². The van der Waals surface area contributed by atoms with Crippen molar-refractivity contribution in [2.45, 2.75) is 0 Å². The van der Waals surface area contributed by atoms with Gasteiger partial charge in [0, 0.05) is 37.2 Å². The summed E-state index contributed by atoms with van der Waals surface area (Å²) in [5, 5.41) is 15.0. The van der Waals surface area contributed by atoms with Crippen LogP contribution in [0.2, 0.25) is 0 Å². The molecule has 212 valence electrons. The number of thiophene rings is 1. The van der Waals surface area contributed by atoms with E-state index < -0.39 is 0 Å². The molecule has 6 aromatic carbocycles. The Morgan fingerprint density at radius 3 is 2.07 bits per heavy atom. The second-order valence-electron chi connectivity index (χ2n) is 11.4. The molecular formula is C39H20N6S. The number of fused-ring (bicyclic) bond motifs is 12. The highest BCUT2D eigenvalue weighted by Gasteiger charge is 2.25. The van der Waals surface area contributed by atoms with Gasteiger partial charge in [-0.3, -0.25) is 4.57 Å². The number of rotatable bonds is 2. The molecule has 0 saturated heterocycles. The molecule has 10 aromatic rings. The zero-order valence-corrected chi connectivity index (χ0v) is 25.0. The lowest BCUT2D eigenvalue weighted by atomic mass is 10.0. The fourth-order valence-corrected chi connectivity index (χ4v) is 8.06. The molecule has 0 amide bonds. The number of hydrogen-bond donors (Lipinski definition) is 0. The molecule has 0 aliphatic carbocycles. The van der Waals surface area contributed by atoms with E-state index >= 15 is 0 Å². The van der Waals surface area contributed by atoms with E-state index in [2.05, 4.69) is 59.2 Å². The van der Waals surface area contributed by atoms with Gasteiger partial charge in [0.25, 0.3) is 0 Å². The number of nitrogens with zero attached hydrogens (tertiary/aromatic N) is 6. The van der Waals surface area contributed by atoms with Crippen molar-refractivity contribution in [2.24, 2.45) is 0 Å². The van der Waals surface area contributed by atoms with Crippen molar-refractivity contribution < 1.29 is 0 Å². The third-order valence-corrected chi connectivity index (χ3v) is 9.96. The summed E-state index contributed by atoms with van der Waals surface area (Å²) >= 11 is 1.76. The molecule has 0 fully saturated rings. The van der Waals surface area contributed by atoms with Gasteiger partial charge in [0.1, 0.15) is 5.52 Å². The molecule has 0 saturated carbocycles. The fraction of sp³-hybridized carbons (Fsp3) is 0. The highest BCUT2D eigenvalue weighted by atomic mass is 32.1. The van der Waals surface area contributed by atoms with Crippen LogP contribution in [0.5, 0.6) is 0 Å². The van der Waals surface area contributed by atoms with Crippen LogP contribution < -0.4 is 0 Å². The maximum Gasteiger partial charge on any atom is 0.235 e. The lowest BCUT2D eigenvalue weighted by Crippen LogP contribution is -2.03. The van der Waals surface area contributed by atoms with E-state index in [1.807, 2.05) is 72.8 Å². The Labute approximate surface area is 265 Å². The molecular weight excluding hydrogens is 585 g/mol. The molecule has 0 spiro atoms. The van der Waals surface area contributed by atoms with E-state index in [0.717, 1.165) is 81.5 Å². The van der Waals surface area contributed by atoms with Gasteiger partial charge in [-0.25, -0.2) is 19.9 Å². The molecule has 0 unspecified atom stereocenters. The standard InChI is InChI=1S/C39H20N6S/c40-21-22-10-9-11-23(20-22)34-24-12-1-4-15-27(24)43-39(44-34)45-30-18-7-2-13-25(30)32-35-36(42-29-17-6-5-16-28(29)41-35)33-26-14-3-8-19-31(26)46-38(33)37(32)45/h1-20H. The van der Waals surface area contributed by atoms with Gasteiger partial charge in [0.05, 0.1) is 55.1 Å². The summed E-state index contributed by atoms with van der Waals surface area (Å²) in [6.45, 7) is 0. The van der Waals surface area contributed by atoms with Crippen molar-refractivity contribution in [3.8, 4) is 23.3 Å². The molecule has 0 radical (unpaired) electrons. The summed E-state index contributed by atoms with van der Waals surface area (Å²) in [4.78, 5) is 21.0. The zero-order chi connectivity index (χ0) is 30.4. The third kappa shape index (κ3) is 3.44. The number of benzene rings is 6. The Morgan fingerprint density at radius 2 is 1.26 bits per heavy atom. The summed E-state index contributed by atoms with van der Waals surface area (Å²) in [5.41, 5.74) is 8.56. The van der Waals surface area contributed by atoms with Crippen molar-refractivity contribution in [3.05, 3.63) is 127 Å². The molecule has 10 rings (SSSR count). The lowest BCUT2D eigenvalue weighted by molar-refractivity contribution is 1.02. The van der Waals surface area contributed by atoms with Crippen LogP contribution in [0.3, 0.4) is 0 Å². The molecule has 46 heavy (non-hydrogen) atoms. The second-order valence-corrected chi connectivity index (χ2v) is 12.4. The van der Waals surface area contributed by atoms with Crippen LogP contribution in [0.25, 0.3) is 92.2 Å². The molecule has 0 aliphatic heterocycles. The van der Waals surface area contributed by atoms with Gasteiger partial charge < -0.3 is 0 Å². The quantitative estimate of drug-likeness (QED) is 0.184. The van der Waals surface area contributed by atoms with Crippen molar-refractivity contribution in [3.63, 3.8) is 0 Å². The van der Waals surface area contributed by atoms with Gasteiger partial charge in [-0.2, -0.15) is 5.26 Å². The van der Waals surface area contributed by atoms with Crippen molar-refractivity contribution >= 4 is 86.3 Å². The molecule has 7 heteroatoms. The summed E-state index contributed by atoms with van der Waals surface area (Å²) in [6, 6.07) is 43.0. The first-order chi connectivity index (χ1) is 22.8. The predicted molar refractivity (Wildman–Crippen MR) is 188 cm³/mol. The number of para-hydroxylation sites is 4. The van der Waals surface area contributed by atoms with Crippen LogP contribution in [0.4, 0.5) is 0 Å². The number of hydrogen-bond acceptors (Lipinski definition) is 6. The van der Waals surface area contributed by atoms with E-state index in [9.17, 15) is 5.26 Å². The first-order valence-electron chi connectivity index (χ1n) is 15.0. The van der Waals surface area contributed by atoms with Gasteiger partial charge in [-0.15, -0.1) is 11.3 Å². The van der Waals surface area contributed by atoms with Crippen LogP contribution >= 0.6 is 11.3 Å². The minimum atomic E-state index is 0.564. The molecule has 4 heterocycles. The largest absolute Gasteiger partial charge is 0.276 e. The van der Waals surface area contributed by atoms with E-state index in [1.165, 1.54) is 4.70 Å². The fourth-order valence-electron chi connectivity index (χ4n) is 6.82. The van der Waals surface area contributed by atoms with Gasteiger partial charge in [-0.1, -0.05) is 78.9 Å². The van der Waals surface area contributed by atoms with Crippen LogP contribution in [0.15, 0.2) is 121 Å². The first-order valence-corrected chi connectivity index (χ1v) is 15.8. The lowest BCUT2D eigenvalue weighted by Gasteiger charge is -2.12. The smallest absolute Gasteiger partial charge is 0.235 e. The van der Waals surface area contributed by atoms with Gasteiger partial charge in [-0.05, 0) is 42.5 Å². The topological polar surface area (TPSA) is 80.3 Å². The molecule has 0 atom stereocenters. The van der Waals surface area contributed by atoms with Crippen molar-refractivity contribution in [1.82, 2.24) is 24.5 Å². The Kier molecular flexibility index (Phi) is 5.13. The Bertz CT molecular complexity index is 2950. The van der Waals surface area contributed by atoms with Gasteiger partial charge in [0.2, 0.25) is 5.95 Å². The minimum absolute atomic E-state index is 0.564. The Morgan fingerprint density at radius 1 is 0.587 bits per heavy atom. The minimum Gasteiger partial charge on any atom is -0.276 e. The average molecular weight is 605 g/mol. The Balaban J connectivity index is 1.44. The van der Waals surface area contributed by atoms with Crippen LogP contribution in [-0.2, 0) is 0 Å². The highest BCUT2D eigenvalue weighted by Crippen LogP contribution is 2.47. The van der Waals surface area contributed by atoms with Gasteiger partial charge in [0.15, 0.2) is 0 Å². The monoisotopic (exact) mass is 604 g/mol. The molecule has 0 N–H and O–H groups in total. The molecule has 4 aromatic heterocycles. The van der Waals surface area contributed by atoms with E-state index in [1.54, 1.807) is 11.3 Å². The van der Waals surface area contributed by atoms with Crippen LogP contribution in [0.1, 0.15) is 5.56 Å². The summed E-state index contributed by atoms with van der Waals surface area (Å²) in [7, 11) is 0. The first kappa shape index (κ1) is 25.1. The van der Waals surface area contributed by atoms with E-state index in [4.69, 9.17) is 19.9 Å². The van der Waals surface area contributed by atoms with Crippen molar-refractivity contribution in [1.29, 1.82) is 5.26 Å². The Hall–Kier alpha value is -6.23. The predicted octanol–water partition coefficient (Wildman–Crippen LogP) is 9.73. The second kappa shape index (κ2) is 9.38. The molecule has 6 nitrogen and oxygen atoms in total. The average Bonchev–Trinajstić information content (AvgIpc) is 3.67. The van der Waals surface area contributed by atoms with E-state index in [-0.39, 0.29) is 0 Å². The molecule has 0 bridgehead atoms. The molecule has 0 aliphatic rings. The number of nitriles is 1. The highest BCUT2D eigenvalue weighted by molar-refractivity contribution is 7.27. The zero-order valence-electron chi connectivity index (χ0n) is 24.1. The maximum atomic E-state index is 9.68.